The van der Waals surface area contributed by atoms with Gasteiger partial charge in [-0.1, -0.05) is 26.0 Å². The largest absolute Gasteiger partial charge is 0.346 e. The fourth-order valence-electron chi connectivity index (χ4n) is 3.33. The van der Waals surface area contributed by atoms with Gasteiger partial charge in [0, 0.05) is 44.0 Å². The number of benzene rings is 1. The maximum atomic E-state index is 12.7. The standard InChI is InChI=1S/C20H28N4O/c1-14(2)17-5-7-18(8-6-17)20(25)24-11-9-23(10-12-24)13-19-15(3)21-16(4)22-19/h5-8,14H,9-13H2,1-4H3,(H,21,22). The molecular weight excluding hydrogens is 312 g/mol. The number of nitrogens with one attached hydrogen (secondary N) is 1. The molecule has 5 nitrogen and oxygen atoms in total. The van der Waals surface area contributed by atoms with Crippen LogP contribution < -0.4 is 0 Å². The van der Waals surface area contributed by atoms with Crippen LogP contribution in [-0.4, -0.2) is 51.9 Å². The molecule has 1 amide bonds. The fourth-order valence-corrected chi connectivity index (χ4v) is 3.33. The van der Waals surface area contributed by atoms with Gasteiger partial charge in [-0.3, -0.25) is 9.69 Å². The minimum absolute atomic E-state index is 0.141. The summed E-state index contributed by atoms with van der Waals surface area (Å²) in [4.78, 5) is 24.8. The second-order valence-electron chi connectivity index (χ2n) is 7.24. The van der Waals surface area contributed by atoms with Crippen LogP contribution in [0.15, 0.2) is 24.3 Å². The Hall–Kier alpha value is -2.14. The van der Waals surface area contributed by atoms with Gasteiger partial charge in [-0.2, -0.15) is 0 Å². The summed E-state index contributed by atoms with van der Waals surface area (Å²) in [6.07, 6.45) is 0. The zero-order valence-corrected chi connectivity index (χ0v) is 15.7. The predicted octanol–water partition coefficient (Wildman–Crippen LogP) is 3.11. The van der Waals surface area contributed by atoms with E-state index >= 15 is 0 Å². The first-order valence-corrected chi connectivity index (χ1v) is 9.07. The van der Waals surface area contributed by atoms with Gasteiger partial charge in [0.15, 0.2) is 0 Å². The van der Waals surface area contributed by atoms with Crippen LogP contribution in [0.2, 0.25) is 0 Å². The molecule has 0 bridgehead atoms. The summed E-state index contributed by atoms with van der Waals surface area (Å²) in [5.41, 5.74) is 4.31. The molecule has 0 aliphatic carbocycles. The van der Waals surface area contributed by atoms with Crippen LogP contribution in [0.5, 0.6) is 0 Å². The van der Waals surface area contributed by atoms with Gasteiger partial charge in [0.05, 0.1) is 5.69 Å². The number of aromatic amines is 1. The van der Waals surface area contributed by atoms with Crippen molar-refractivity contribution in [2.24, 2.45) is 0 Å². The number of hydrogen-bond acceptors (Lipinski definition) is 3. The zero-order chi connectivity index (χ0) is 18.0. The lowest BCUT2D eigenvalue weighted by Gasteiger charge is -2.34. The molecule has 0 saturated carbocycles. The van der Waals surface area contributed by atoms with Crippen LogP contribution in [0.4, 0.5) is 0 Å². The molecule has 1 aliphatic heterocycles. The van der Waals surface area contributed by atoms with Crippen molar-refractivity contribution < 1.29 is 4.79 Å². The number of H-pyrrole nitrogens is 1. The van der Waals surface area contributed by atoms with Crippen molar-refractivity contribution in [2.45, 2.75) is 40.2 Å². The highest BCUT2D eigenvalue weighted by Gasteiger charge is 2.23. The number of rotatable bonds is 4. The summed E-state index contributed by atoms with van der Waals surface area (Å²) in [6.45, 7) is 12.6. The summed E-state index contributed by atoms with van der Waals surface area (Å²) in [5.74, 6) is 1.59. The van der Waals surface area contributed by atoms with Crippen molar-refractivity contribution in [2.75, 3.05) is 26.2 Å². The SMILES string of the molecule is Cc1nc(CN2CCN(C(=O)c3ccc(C(C)C)cc3)CC2)c(C)[nH]1. The Morgan fingerprint density at radius 2 is 1.76 bits per heavy atom. The molecule has 1 aromatic heterocycles. The first-order valence-electron chi connectivity index (χ1n) is 9.07. The number of aromatic nitrogens is 2. The Labute approximate surface area is 150 Å². The van der Waals surface area contributed by atoms with Gasteiger partial charge in [0.2, 0.25) is 0 Å². The van der Waals surface area contributed by atoms with Crippen LogP contribution in [0.3, 0.4) is 0 Å². The van der Waals surface area contributed by atoms with Gasteiger partial charge < -0.3 is 9.88 Å². The monoisotopic (exact) mass is 340 g/mol. The van der Waals surface area contributed by atoms with Gasteiger partial charge in [-0.05, 0) is 37.5 Å². The molecule has 2 aromatic rings. The van der Waals surface area contributed by atoms with Gasteiger partial charge in [0.25, 0.3) is 5.91 Å². The quantitative estimate of drug-likeness (QED) is 0.930. The molecule has 1 saturated heterocycles. The highest BCUT2D eigenvalue weighted by atomic mass is 16.2. The molecule has 0 radical (unpaired) electrons. The topological polar surface area (TPSA) is 52.2 Å². The number of carbonyl (C=O) groups excluding carboxylic acids is 1. The second-order valence-corrected chi connectivity index (χ2v) is 7.24. The number of aryl methyl sites for hydroxylation is 2. The number of imidazole rings is 1. The molecule has 0 spiro atoms. The van der Waals surface area contributed by atoms with Crippen LogP contribution in [-0.2, 0) is 6.54 Å². The van der Waals surface area contributed by atoms with Crippen molar-refractivity contribution in [1.29, 1.82) is 0 Å². The molecule has 1 fully saturated rings. The maximum absolute atomic E-state index is 12.7. The Morgan fingerprint density at radius 3 is 2.28 bits per heavy atom. The van der Waals surface area contributed by atoms with Crippen LogP contribution in [0, 0.1) is 13.8 Å². The number of amides is 1. The third kappa shape index (κ3) is 4.10. The summed E-state index contributed by atoms with van der Waals surface area (Å²) >= 11 is 0. The minimum atomic E-state index is 0.141. The van der Waals surface area contributed by atoms with E-state index < -0.39 is 0 Å². The van der Waals surface area contributed by atoms with Crippen molar-refractivity contribution in [3.63, 3.8) is 0 Å². The zero-order valence-electron chi connectivity index (χ0n) is 15.7. The lowest BCUT2D eigenvalue weighted by atomic mass is 10.0. The molecule has 1 aromatic carbocycles. The Kier molecular flexibility index (Phi) is 5.23. The first kappa shape index (κ1) is 17.7. The van der Waals surface area contributed by atoms with Crippen LogP contribution in [0.25, 0.3) is 0 Å². The first-order chi connectivity index (χ1) is 11.9. The predicted molar refractivity (Wildman–Crippen MR) is 99.8 cm³/mol. The summed E-state index contributed by atoms with van der Waals surface area (Å²) in [5, 5.41) is 0. The van der Waals surface area contributed by atoms with Gasteiger partial charge >= 0.3 is 0 Å². The van der Waals surface area contributed by atoms with Crippen LogP contribution in [0.1, 0.15) is 52.9 Å². The van der Waals surface area contributed by atoms with Crippen molar-refractivity contribution in [1.82, 2.24) is 19.8 Å². The number of piperazine rings is 1. The molecular formula is C20H28N4O. The normalized spacial score (nSPS) is 15.8. The third-order valence-electron chi connectivity index (χ3n) is 4.96. The molecule has 1 N–H and O–H groups in total. The molecule has 25 heavy (non-hydrogen) atoms. The number of carbonyl (C=O) groups is 1. The molecule has 134 valence electrons. The lowest BCUT2D eigenvalue weighted by molar-refractivity contribution is 0.0627. The molecule has 5 heteroatoms. The van der Waals surface area contributed by atoms with E-state index in [1.807, 2.05) is 24.0 Å². The molecule has 3 rings (SSSR count). The average Bonchev–Trinajstić information content (AvgIpc) is 2.92. The smallest absolute Gasteiger partial charge is 0.253 e. The summed E-state index contributed by atoms with van der Waals surface area (Å²) in [6, 6.07) is 8.05. The Bertz CT molecular complexity index is 725. The summed E-state index contributed by atoms with van der Waals surface area (Å²) < 4.78 is 0. The van der Waals surface area contributed by atoms with Gasteiger partial charge in [0.1, 0.15) is 5.82 Å². The van der Waals surface area contributed by atoms with Crippen molar-refractivity contribution in [3.8, 4) is 0 Å². The Morgan fingerprint density at radius 1 is 1.12 bits per heavy atom. The van der Waals surface area contributed by atoms with E-state index in [0.717, 1.165) is 55.5 Å². The Balaban J connectivity index is 1.56. The molecule has 0 unspecified atom stereocenters. The van der Waals surface area contributed by atoms with E-state index in [9.17, 15) is 4.79 Å². The van der Waals surface area contributed by atoms with Gasteiger partial charge in [-0.25, -0.2) is 4.98 Å². The highest BCUT2D eigenvalue weighted by Crippen LogP contribution is 2.17. The van der Waals surface area contributed by atoms with Crippen molar-refractivity contribution in [3.05, 3.63) is 52.6 Å². The minimum Gasteiger partial charge on any atom is -0.346 e. The summed E-state index contributed by atoms with van der Waals surface area (Å²) in [7, 11) is 0. The van der Waals surface area contributed by atoms with E-state index in [4.69, 9.17) is 0 Å². The maximum Gasteiger partial charge on any atom is 0.253 e. The van der Waals surface area contributed by atoms with E-state index in [2.05, 4.69) is 47.8 Å². The van der Waals surface area contributed by atoms with E-state index in [0.29, 0.717) is 5.92 Å². The second kappa shape index (κ2) is 7.40. The lowest BCUT2D eigenvalue weighted by Crippen LogP contribution is -2.48. The number of hydrogen-bond donors (Lipinski definition) is 1. The molecule has 1 aliphatic rings. The third-order valence-corrected chi connectivity index (χ3v) is 4.96. The average molecular weight is 340 g/mol. The van der Waals surface area contributed by atoms with E-state index in [1.165, 1.54) is 5.56 Å². The van der Waals surface area contributed by atoms with E-state index in [1.54, 1.807) is 0 Å². The molecule has 2 heterocycles. The molecule has 0 atom stereocenters. The highest BCUT2D eigenvalue weighted by molar-refractivity contribution is 5.94. The van der Waals surface area contributed by atoms with E-state index in [-0.39, 0.29) is 5.91 Å². The van der Waals surface area contributed by atoms with Gasteiger partial charge in [-0.15, -0.1) is 0 Å². The fraction of sp³-hybridized carbons (Fsp3) is 0.500. The van der Waals surface area contributed by atoms with Crippen LogP contribution >= 0.6 is 0 Å². The number of nitrogens with zero attached hydrogens (tertiary/aromatic N) is 3. The van der Waals surface area contributed by atoms with Crippen molar-refractivity contribution >= 4 is 5.91 Å².